The molecule has 1 unspecified atom stereocenters. The summed E-state index contributed by atoms with van der Waals surface area (Å²) in [6, 6.07) is 0.250. The van der Waals surface area contributed by atoms with E-state index < -0.39 is 0 Å². The molecule has 4 N–H and O–H groups in total. The molecule has 0 spiro atoms. The number of nitrogens with one attached hydrogen (secondary N) is 2. The van der Waals surface area contributed by atoms with Crippen LogP contribution in [0.15, 0.2) is 0 Å². The molecule has 0 aromatic heterocycles. The van der Waals surface area contributed by atoms with Gasteiger partial charge >= 0.3 is 6.03 Å². The Morgan fingerprint density at radius 3 is 2.26 bits per heavy atom. The molecule has 19 heavy (non-hydrogen) atoms. The van der Waals surface area contributed by atoms with Crippen LogP contribution < -0.4 is 16.4 Å². The van der Waals surface area contributed by atoms with Gasteiger partial charge in [-0.3, -0.25) is 0 Å². The maximum atomic E-state index is 11.8. The number of carbonyl (C=O) groups excluding carboxylic acids is 1. The molecule has 1 atom stereocenters. The minimum absolute atomic E-state index is 0.0493. The Morgan fingerprint density at radius 2 is 1.74 bits per heavy atom. The first-order valence-corrected chi connectivity index (χ1v) is 7.91. The van der Waals surface area contributed by atoms with Crippen molar-refractivity contribution in [1.29, 1.82) is 0 Å². The summed E-state index contributed by atoms with van der Waals surface area (Å²) in [4.78, 5) is 11.8. The third-order valence-corrected chi connectivity index (χ3v) is 5.67. The Hall–Kier alpha value is -0.770. The molecule has 0 aromatic rings. The second-order valence-electron chi connectivity index (χ2n) is 6.99. The highest BCUT2D eigenvalue weighted by atomic mass is 16.2. The quantitative estimate of drug-likeness (QED) is 0.724. The van der Waals surface area contributed by atoms with Crippen LogP contribution in [0.5, 0.6) is 0 Å². The van der Waals surface area contributed by atoms with Crippen LogP contribution in [0.4, 0.5) is 4.79 Å². The van der Waals surface area contributed by atoms with E-state index in [1.807, 2.05) is 0 Å². The topological polar surface area (TPSA) is 67.2 Å². The number of urea groups is 1. The van der Waals surface area contributed by atoms with Crippen LogP contribution in [-0.4, -0.2) is 25.2 Å². The summed E-state index contributed by atoms with van der Waals surface area (Å²) < 4.78 is 0. The van der Waals surface area contributed by atoms with Gasteiger partial charge in [0.15, 0.2) is 0 Å². The number of rotatable bonds is 4. The lowest BCUT2D eigenvalue weighted by Gasteiger charge is -2.56. The number of hydrogen-bond acceptors (Lipinski definition) is 2. The fraction of sp³-hybridized carbons (Fsp3) is 0.933. The normalized spacial score (nSPS) is 41.1. The SMILES string of the molecule is CC(NC(=O)NCCN)C1C2CC3CC(C2)CC1C3. The van der Waals surface area contributed by atoms with Gasteiger partial charge in [0.1, 0.15) is 0 Å². The molecular formula is C15H27N3O. The summed E-state index contributed by atoms with van der Waals surface area (Å²) in [6.45, 7) is 3.25. The van der Waals surface area contributed by atoms with Gasteiger partial charge < -0.3 is 16.4 Å². The highest BCUT2D eigenvalue weighted by molar-refractivity contribution is 5.74. The van der Waals surface area contributed by atoms with E-state index in [0.29, 0.717) is 25.0 Å². The lowest BCUT2D eigenvalue weighted by Crippen LogP contribution is -2.54. The molecule has 4 aliphatic rings. The molecule has 4 aliphatic carbocycles. The first-order valence-electron chi connectivity index (χ1n) is 7.91. The van der Waals surface area contributed by atoms with E-state index in [1.165, 1.54) is 32.1 Å². The minimum Gasteiger partial charge on any atom is -0.337 e. The molecule has 0 heterocycles. The smallest absolute Gasteiger partial charge is 0.315 e. The third kappa shape index (κ3) is 2.60. The molecule has 4 rings (SSSR count). The van der Waals surface area contributed by atoms with E-state index >= 15 is 0 Å². The number of nitrogens with two attached hydrogens (primary N) is 1. The van der Waals surface area contributed by atoms with Crippen LogP contribution in [0.1, 0.15) is 39.0 Å². The van der Waals surface area contributed by atoms with Crippen molar-refractivity contribution in [3.05, 3.63) is 0 Å². The zero-order chi connectivity index (χ0) is 13.4. The predicted molar refractivity (Wildman–Crippen MR) is 75.6 cm³/mol. The second kappa shape index (κ2) is 5.31. The molecule has 108 valence electrons. The van der Waals surface area contributed by atoms with Crippen molar-refractivity contribution in [2.24, 2.45) is 35.3 Å². The predicted octanol–water partition coefficient (Wildman–Crippen LogP) is 1.71. The number of carbonyl (C=O) groups is 1. The van der Waals surface area contributed by atoms with E-state index in [1.54, 1.807) is 0 Å². The molecule has 4 heteroatoms. The summed E-state index contributed by atoms with van der Waals surface area (Å²) in [5.74, 6) is 4.42. The fourth-order valence-corrected chi connectivity index (χ4v) is 5.32. The van der Waals surface area contributed by atoms with Crippen molar-refractivity contribution in [3.8, 4) is 0 Å². The van der Waals surface area contributed by atoms with Crippen molar-refractivity contribution in [3.63, 3.8) is 0 Å². The molecule has 4 nitrogen and oxygen atoms in total. The standard InChI is InChI=1S/C15H27N3O/c1-9(18-15(19)17-3-2-16)14-12-5-10-4-11(7-12)8-13(14)6-10/h9-14H,2-8,16H2,1H3,(H2,17,18,19). The average molecular weight is 265 g/mol. The highest BCUT2D eigenvalue weighted by Gasteiger charge is 2.49. The molecule has 0 saturated heterocycles. The van der Waals surface area contributed by atoms with Crippen LogP contribution in [0, 0.1) is 29.6 Å². The lowest BCUT2D eigenvalue weighted by molar-refractivity contribution is -0.0475. The van der Waals surface area contributed by atoms with Gasteiger partial charge in [0.25, 0.3) is 0 Å². The Labute approximate surface area is 115 Å². The Kier molecular flexibility index (Phi) is 3.70. The van der Waals surface area contributed by atoms with Crippen LogP contribution in [0.3, 0.4) is 0 Å². The van der Waals surface area contributed by atoms with E-state index in [2.05, 4.69) is 17.6 Å². The van der Waals surface area contributed by atoms with Gasteiger partial charge in [0, 0.05) is 19.1 Å². The van der Waals surface area contributed by atoms with Crippen molar-refractivity contribution in [2.45, 2.75) is 45.1 Å². The molecule has 0 radical (unpaired) electrons. The van der Waals surface area contributed by atoms with Crippen LogP contribution in [-0.2, 0) is 0 Å². The van der Waals surface area contributed by atoms with E-state index in [-0.39, 0.29) is 6.03 Å². The second-order valence-corrected chi connectivity index (χ2v) is 6.99. The maximum Gasteiger partial charge on any atom is 0.315 e. The van der Waals surface area contributed by atoms with Gasteiger partial charge in [0.05, 0.1) is 0 Å². The fourth-order valence-electron chi connectivity index (χ4n) is 5.32. The van der Waals surface area contributed by atoms with Crippen molar-refractivity contribution in [2.75, 3.05) is 13.1 Å². The van der Waals surface area contributed by atoms with Crippen LogP contribution in [0.25, 0.3) is 0 Å². The number of amides is 2. The first-order chi connectivity index (χ1) is 9.17. The third-order valence-electron chi connectivity index (χ3n) is 5.67. The lowest BCUT2D eigenvalue weighted by atomic mass is 9.50. The molecule has 4 saturated carbocycles. The summed E-state index contributed by atoms with van der Waals surface area (Å²) in [6.07, 6.45) is 7.13. The molecule has 0 aromatic carbocycles. The van der Waals surface area contributed by atoms with Crippen LogP contribution in [0.2, 0.25) is 0 Å². The molecule has 2 amide bonds. The largest absolute Gasteiger partial charge is 0.337 e. The Bertz CT molecular complexity index is 316. The van der Waals surface area contributed by atoms with Gasteiger partial charge in [-0.2, -0.15) is 0 Å². The highest BCUT2D eigenvalue weighted by Crippen LogP contribution is 2.57. The average Bonchev–Trinajstić information content (AvgIpc) is 2.35. The first kappa shape index (κ1) is 13.2. The van der Waals surface area contributed by atoms with Gasteiger partial charge in [-0.05, 0) is 68.6 Å². The summed E-state index contributed by atoms with van der Waals surface area (Å²) in [7, 11) is 0. The zero-order valence-electron chi connectivity index (χ0n) is 11.9. The summed E-state index contributed by atoms with van der Waals surface area (Å²) in [5, 5.41) is 5.95. The van der Waals surface area contributed by atoms with E-state index in [9.17, 15) is 4.79 Å². The van der Waals surface area contributed by atoms with Gasteiger partial charge in [-0.15, -0.1) is 0 Å². The van der Waals surface area contributed by atoms with Crippen molar-refractivity contribution >= 4 is 6.03 Å². The van der Waals surface area contributed by atoms with Crippen molar-refractivity contribution < 1.29 is 4.79 Å². The van der Waals surface area contributed by atoms with E-state index in [0.717, 1.165) is 23.7 Å². The number of hydrogen-bond donors (Lipinski definition) is 3. The molecule has 0 aliphatic heterocycles. The van der Waals surface area contributed by atoms with Crippen LogP contribution >= 0.6 is 0 Å². The maximum absolute atomic E-state index is 11.8. The zero-order valence-corrected chi connectivity index (χ0v) is 11.9. The van der Waals surface area contributed by atoms with E-state index in [4.69, 9.17) is 5.73 Å². The summed E-state index contributed by atoms with van der Waals surface area (Å²) >= 11 is 0. The Balaban J connectivity index is 1.58. The van der Waals surface area contributed by atoms with Gasteiger partial charge in [0.2, 0.25) is 0 Å². The molecular weight excluding hydrogens is 238 g/mol. The van der Waals surface area contributed by atoms with Gasteiger partial charge in [-0.1, -0.05) is 0 Å². The molecule has 4 fully saturated rings. The van der Waals surface area contributed by atoms with Gasteiger partial charge in [-0.25, -0.2) is 4.79 Å². The summed E-state index contributed by atoms with van der Waals surface area (Å²) in [5.41, 5.74) is 5.40. The Morgan fingerprint density at radius 1 is 1.16 bits per heavy atom. The monoisotopic (exact) mass is 265 g/mol. The van der Waals surface area contributed by atoms with Crippen molar-refractivity contribution in [1.82, 2.24) is 10.6 Å². The minimum atomic E-state index is -0.0493. The molecule has 4 bridgehead atoms.